The summed E-state index contributed by atoms with van der Waals surface area (Å²) in [5, 5.41) is 14.2. The van der Waals surface area contributed by atoms with Gasteiger partial charge in [0, 0.05) is 37.6 Å². The molecule has 1 heterocycles. The van der Waals surface area contributed by atoms with Gasteiger partial charge in [0.15, 0.2) is 0 Å². The summed E-state index contributed by atoms with van der Waals surface area (Å²) in [6.45, 7) is 6.77. The molecule has 1 aliphatic heterocycles. The van der Waals surface area contributed by atoms with Crippen molar-refractivity contribution in [2.24, 2.45) is 0 Å². The summed E-state index contributed by atoms with van der Waals surface area (Å²) in [6.07, 6.45) is -4.22. The third-order valence-corrected chi connectivity index (χ3v) is 5.84. The molecule has 0 saturated carbocycles. The number of halogens is 3. The summed E-state index contributed by atoms with van der Waals surface area (Å²) in [6, 6.07) is 15.7. The lowest BCUT2D eigenvalue weighted by atomic mass is 9.87. The average molecular weight is 479 g/mol. The second-order valence-corrected chi connectivity index (χ2v) is 9.77. The number of alkyl halides is 3. The smallest absolute Gasteiger partial charge is 0.356 e. The van der Waals surface area contributed by atoms with Crippen LogP contribution in [0.4, 0.5) is 24.5 Å². The van der Waals surface area contributed by atoms with Crippen molar-refractivity contribution >= 4 is 17.3 Å². The molecule has 1 fully saturated rings. The molecule has 0 aromatic heterocycles. The number of carbonyl (C=O) groups excluding carboxylic acids is 1. The number of benzene rings is 2. The maximum atomic E-state index is 12.5. The van der Waals surface area contributed by atoms with Gasteiger partial charge in [0.2, 0.25) is 0 Å². The van der Waals surface area contributed by atoms with Crippen LogP contribution in [-0.2, 0) is 16.8 Å². The van der Waals surface area contributed by atoms with E-state index in [4.69, 9.17) is 0 Å². The fourth-order valence-electron chi connectivity index (χ4n) is 3.81. The highest BCUT2D eigenvalue weighted by Gasteiger charge is 2.32. The molecule has 186 valence electrons. The molecule has 0 spiro atoms. The Morgan fingerprint density at radius 2 is 1.41 bits per heavy atom. The second kappa shape index (κ2) is 10.8. The average Bonchev–Trinajstić information content (AvgIpc) is 2.75. The third-order valence-electron chi connectivity index (χ3n) is 5.84. The zero-order valence-electron chi connectivity index (χ0n) is 19.9. The zero-order chi connectivity index (χ0) is 24.9. The van der Waals surface area contributed by atoms with Crippen LogP contribution in [0.3, 0.4) is 0 Å². The molecule has 0 bridgehead atoms. The van der Waals surface area contributed by atoms with Gasteiger partial charge in [0.25, 0.3) is 5.91 Å². The number of nitrogens with one attached hydrogen (secondary N) is 1. The standard InChI is InChI=1S/C25H33F3N4O2/c1-24(2,3)20-6-10-22(11-7-20)29-21-8-4-19(5-9-21)16-32(34)23(33)17-30-12-14-31(15-13-30)18-25(26,27)28/h4-11,29,34H,12-18H2,1-3H3. The maximum Gasteiger partial charge on any atom is 0.401 e. The minimum absolute atomic E-state index is 0.0272. The topological polar surface area (TPSA) is 59.1 Å². The molecular weight excluding hydrogens is 445 g/mol. The quantitative estimate of drug-likeness (QED) is 0.449. The molecule has 1 amide bonds. The largest absolute Gasteiger partial charge is 0.401 e. The summed E-state index contributed by atoms with van der Waals surface area (Å²) < 4.78 is 37.5. The Bertz CT molecular complexity index is 933. The number of rotatable bonds is 7. The van der Waals surface area contributed by atoms with Crippen molar-refractivity contribution in [3.8, 4) is 0 Å². The van der Waals surface area contributed by atoms with Crippen molar-refractivity contribution in [3.63, 3.8) is 0 Å². The number of hydrogen-bond donors (Lipinski definition) is 2. The van der Waals surface area contributed by atoms with Gasteiger partial charge >= 0.3 is 6.18 Å². The van der Waals surface area contributed by atoms with E-state index in [1.54, 1.807) is 4.90 Å². The van der Waals surface area contributed by atoms with Gasteiger partial charge in [-0.2, -0.15) is 13.2 Å². The van der Waals surface area contributed by atoms with Gasteiger partial charge in [-0.15, -0.1) is 0 Å². The monoisotopic (exact) mass is 478 g/mol. The van der Waals surface area contributed by atoms with E-state index in [1.165, 1.54) is 10.5 Å². The molecule has 0 unspecified atom stereocenters. The van der Waals surface area contributed by atoms with Crippen molar-refractivity contribution in [1.29, 1.82) is 0 Å². The Balaban J connectivity index is 1.45. The molecular formula is C25H33F3N4O2. The molecule has 3 rings (SSSR count). The maximum absolute atomic E-state index is 12.5. The number of hydrogen-bond acceptors (Lipinski definition) is 5. The Hall–Kier alpha value is -2.62. The zero-order valence-corrected chi connectivity index (χ0v) is 19.9. The molecule has 0 atom stereocenters. The fraction of sp³-hybridized carbons (Fsp3) is 0.480. The Labute approximate surface area is 198 Å². The van der Waals surface area contributed by atoms with Crippen molar-refractivity contribution < 1.29 is 23.2 Å². The predicted molar refractivity (Wildman–Crippen MR) is 126 cm³/mol. The molecule has 1 saturated heterocycles. The molecule has 1 aliphatic rings. The van der Waals surface area contributed by atoms with Crippen LogP contribution < -0.4 is 5.32 Å². The molecule has 2 N–H and O–H groups in total. The van der Waals surface area contributed by atoms with Crippen LogP contribution in [-0.4, -0.2) is 71.4 Å². The van der Waals surface area contributed by atoms with Gasteiger partial charge in [-0.3, -0.25) is 19.8 Å². The lowest BCUT2D eigenvalue weighted by Gasteiger charge is -2.34. The second-order valence-electron chi connectivity index (χ2n) is 9.77. The van der Waals surface area contributed by atoms with Crippen LogP contribution in [0.25, 0.3) is 0 Å². The summed E-state index contributed by atoms with van der Waals surface area (Å²) in [5.41, 5.74) is 3.97. The first-order valence-electron chi connectivity index (χ1n) is 11.4. The van der Waals surface area contributed by atoms with Crippen molar-refractivity contribution in [1.82, 2.24) is 14.9 Å². The molecule has 0 radical (unpaired) electrons. The number of piperazine rings is 1. The molecule has 0 aliphatic carbocycles. The van der Waals surface area contributed by atoms with E-state index in [0.717, 1.165) is 16.9 Å². The van der Waals surface area contributed by atoms with Gasteiger partial charge in [-0.05, 0) is 40.8 Å². The Kier molecular flexibility index (Phi) is 8.22. The van der Waals surface area contributed by atoms with Crippen LogP contribution in [0, 0.1) is 0 Å². The van der Waals surface area contributed by atoms with E-state index < -0.39 is 18.6 Å². The number of nitrogens with zero attached hydrogens (tertiary/aromatic N) is 3. The van der Waals surface area contributed by atoms with E-state index in [1.807, 2.05) is 36.4 Å². The molecule has 9 heteroatoms. The van der Waals surface area contributed by atoms with Crippen LogP contribution >= 0.6 is 0 Å². The van der Waals surface area contributed by atoms with Gasteiger partial charge in [0.05, 0.1) is 19.6 Å². The minimum Gasteiger partial charge on any atom is -0.356 e. The number of anilines is 2. The fourth-order valence-corrected chi connectivity index (χ4v) is 3.81. The van der Waals surface area contributed by atoms with E-state index in [9.17, 15) is 23.2 Å². The predicted octanol–water partition coefficient (Wildman–Crippen LogP) is 4.63. The Morgan fingerprint density at radius 1 is 0.912 bits per heavy atom. The normalized spacial score (nSPS) is 15.9. The summed E-state index contributed by atoms with van der Waals surface area (Å²) in [4.78, 5) is 15.4. The van der Waals surface area contributed by atoms with Crippen molar-refractivity contribution in [2.75, 3.05) is 44.6 Å². The van der Waals surface area contributed by atoms with Crippen LogP contribution in [0.1, 0.15) is 31.9 Å². The first-order chi connectivity index (χ1) is 15.9. The van der Waals surface area contributed by atoms with Gasteiger partial charge in [-0.1, -0.05) is 45.0 Å². The Morgan fingerprint density at radius 3 is 1.91 bits per heavy atom. The highest BCUT2D eigenvalue weighted by molar-refractivity contribution is 5.77. The third kappa shape index (κ3) is 8.00. The number of carbonyl (C=O) groups is 1. The van der Waals surface area contributed by atoms with Crippen LogP contribution in [0.2, 0.25) is 0 Å². The van der Waals surface area contributed by atoms with E-state index >= 15 is 0 Å². The SMILES string of the molecule is CC(C)(C)c1ccc(Nc2ccc(CN(O)C(=O)CN3CCN(CC(F)(F)F)CC3)cc2)cc1. The van der Waals surface area contributed by atoms with Gasteiger partial charge in [-0.25, -0.2) is 5.06 Å². The molecule has 34 heavy (non-hydrogen) atoms. The van der Waals surface area contributed by atoms with Crippen molar-refractivity contribution in [3.05, 3.63) is 59.7 Å². The van der Waals surface area contributed by atoms with Crippen molar-refractivity contribution in [2.45, 2.75) is 38.9 Å². The van der Waals surface area contributed by atoms with E-state index in [2.05, 4.69) is 38.2 Å². The minimum atomic E-state index is -4.22. The highest BCUT2D eigenvalue weighted by atomic mass is 19.4. The number of amides is 1. The van der Waals surface area contributed by atoms with Gasteiger partial charge in [0.1, 0.15) is 0 Å². The lowest BCUT2D eigenvalue weighted by Crippen LogP contribution is -2.51. The summed E-state index contributed by atoms with van der Waals surface area (Å²) >= 11 is 0. The summed E-state index contributed by atoms with van der Waals surface area (Å²) in [5.74, 6) is -0.481. The van der Waals surface area contributed by atoms with Crippen LogP contribution in [0.5, 0.6) is 0 Å². The van der Waals surface area contributed by atoms with Gasteiger partial charge < -0.3 is 5.32 Å². The molecule has 6 nitrogen and oxygen atoms in total. The first-order valence-corrected chi connectivity index (χ1v) is 11.4. The van der Waals surface area contributed by atoms with E-state index in [0.29, 0.717) is 18.2 Å². The first kappa shape index (κ1) is 26.0. The van der Waals surface area contributed by atoms with Crippen LogP contribution in [0.15, 0.2) is 48.5 Å². The summed E-state index contributed by atoms with van der Waals surface area (Å²) in [7, 11) is 0. The lowest BCUT2D eigenvalue weighted by molar-refractivity contribution is -0.170. The van der Waals surface area contributed by atoms with E-state index in [-0.39, 0.29) is 31.6 Å². The molecule has 2 aromatic carbocycles. The highest BCUT2D eigenvalue weighted by Crippen LogP contribution is 2.25. The number of hydroxylamine groups is 2. The molecule has 2 aromatic rings.